The van der Waals surface area contributed by atoms with Crippen LogP contribution in [0, 0.1) is 0 Å². The number of nitrogens with zero attached hydrogens (tertiary/aromatic N) is 3. The molecule has 3 aromatic rings. The fourth-order valence-electron chi connectivity index (χ4n) is 3.42. The van der Waals surface area contributed by atoms with E-state index >= 15 is 0 Å². The van der Waals surface area contributed by atoms with Crippen molar-refractivity contribution in [1.82, 2.24) is 19.8 Å². The minimum Gasteiger partial charge on any atom is -0.357 e. The van der Waals surface area contributed by atoms with Crippen molar-refractivity contribution in [2.45, 2.75) is 18.6 Å². The summed E-state index contributed by atoms with van der Waals surface area (Å²) in [6.07, 6.45) is 6.07. The van der Waals surface area contributed by atoms with Crippen LogP contribution in [0.15, 0.2) is 73.2 Å². The highest BCUT2D eigenvalue weighted by Gasteiger charge is 2.39. The molecule has 1 aromatic carbocycles. The normalized spacial score (nSPS) is 19.9. The molecule has 4 rings (SSSR count). The van der Waals surface area contributed by atoms with Crippen molar-refractivity contribution in [1.29, 1.82) is 0 Å². The highest BCUT2D eigenvalue weighted by Crippen LogP contribution is 2.39. The number of hydrogen-bond donors (Lipinski definition) is 1. The van der Waals surface area contributed by atoms with Gasteiger partial charge in [0.25, 0.3) is 0 Å². The zero-order valence-electron chi connectivity index (χ0n) is 14.0. The molecule has 0 aliphatic carbocycles. The quantitative estimate of drug-likeness (QED) is 0.731. The summed E-state index contributed by atoms with van der Waals surface area (Å²) in [6.45, 7) is 0.773. The maximum atomic E-state index is 5.68. The molecule has 1 saturated heterocycles. The van der Waals surface area contributed by atoms with E-state index in [-0.39, 0.29) is 12.1 Å². The highest BCUT2D eigenvalue weighted by atomic mass is 32.1. The van der Waals surface area contributed by atoms with Crippen LogP contribution in [0.5, 0.6) is 0 Å². The SMILES string of the molecule is Cn1ccc([C@@H]2[C@H](c3ccccn3)NC(=S)N2Cc2ccccc2)c1. The van der Waals surface area contributed by atoms with Crippen LogP contribution >= 0.6 is 12.2 Å². The Bertz CT molecular complexity index is 860. The third kappa shape index (κ3) is 3.15. The van der Waals surface area contributed by atoms with Crippen LogP contribution in [0.1, 0.15) is 28.9 Å². The van der Waals surface area contributed by atoms with Crippen LogP contribution in [-0.2, 0) is 13.6 Å². The first-order valence-corrected chi connectivity index (χ1v) is 8.77. The topological polar surface area (TPSA) is 33.1 Å². The van der Waals surface area contributed by atoms with Gasteiger partial charge in [0.1, 0.15) is 0 Å². The molecule has 5 heteroatoms. The zero-order valence-corrected chi connectivity index (χ0v) is 14.9. The van der Waals surface area contributed by atoms with Gasteiger partial charge in [-0.05, 0) is 41.5 Å². The summed E-state index contributed by atoms with van der Waals surface area (Å²) in [5.41, 5.74) is 3.49. The molecule has 1 N–H and O–H groups in total. The average molecular weight is 348 g/mol. The molecule has 126 valence electrons. The molecule has 0 radical (unpaired) electrons. The maximum Gasteiger partial charge on any atom is 0.170 e. The van der Waals surface area contributed by atoms with Gasteiger partial charge in [-0.3, -0.25) is 4.98 Å². The minimum absolute atomic E-state index is 0.0415. The number of thiocarbonyl (C=S) groups is 1. The Labute approximate surface area is 153 Å². The number of rotatable bonds is 4. The summed E-state index contributed by atoms with van der Waals surface area (Å²) in [5, 5.41) is 4.26. The molecule has 1 fully saturated rings. The van der Waals surface area contributed by atoms with Gasteiger partial charge in [-0.25, -0.2) is 0 Å². The lowest BCUT2D eigenvalue weighted by Gasteiger charge is -2.27. The van der Waals surface area contributed by atoms with Gasteiger partial charge in [0, 0.05) is 32.2 Å². The van der Waals surface area contributed by atoms with E-state index in [1.54, 1.807) is 0 Å². The van der Waals surface area contributed by atoms with Gasteiger partial charge in [0.05, 0.1) is 17.8 Å². The number of aromatic nitrogens is 2. The number of nitrogens with one attached hydrogen (secondary N) is 1. The van der Waals surface area contributed by atoms with Crippen molar-refractivity contribution >= 4 is 17.3 Å². The molecule has 1 aliphatic rings. The van der Waals surface area contributed by atoms with Gasteiger partial charge >= 0.3 is 0 Å². The summed E-state index contributed by atoms with van der Waals surface area (Å²) in [7, 11) is 2.04. The highest BCUT2D eigenvalue weighted by molar-refractivity contribution is 7.80. The fourth-order valence-corrected chi connectivity index (χ4v) is 3.72. The first-order chi connectivity index (χ1) is 12.2. The smallest absolute Gasteiger partial charge is 0.170 e. The third-order valence-corrected chi connectivity index (χ3v) is 4.94. The van der Waals surface area contributed by atoms with E-state index in [0.29, 0.717) is 0 Å². The molecule has 2 aromatic heterocycles. The van der Waals surface area contributed by atoms with Gasteiger partial charge in [0.2, 0.25) is 0 Å². The Morgan fingerprint density at radius 1 is 1.08 bits per heavy atom. The van der Waals surface area contributed by atoms with E-state index in [1.165, 1.54) is 11.1 Å². The molecule has 25 heavy (non-hydrogen) atoms. The summed E-state index contributed by atoms with van der Waals surface area (Å²) in [4.78, 5) is 6.83. The molecule has 1 aliphatic heterocycles. The lowest BCUT2D eigenvalue weighted by Crippen LogP contribution is -2.29. The van der Waals surface area contributed by atoms with E-state index in [1.807, 2.05) is 31.4 Å². The second-order valence-corrected chi connectivity index (χ2v) is 6.74. The first kappa shape index (κ1) is 15.8. The second kappa shape index (κ2) is 6.69. The van der Waals surface area contributed by atoms with E-state index in [4.69, 9.17) is 12.2 Å². The molecule has 0 amide bonds. The molecule has 3 heterocycles. The molecule has 2 atom stereocenters. The number of hydrogen-bond acceptors (Lipinski definition) is 2. The van der Waals surface area contributed by atoms with Crippen molar-refractivity contribution in [3.8, 4) is 0 Å². The van der Waals surface area contributed by atoms with Gasteiger partial charge in [-0.2, -0.15) is 0 Å². The number of aryl methyl sites for hydroxylation is 1. The van der Waals surface area contributed by atoms with Gasteiger partial charge in [-0.15, -0.1) is 0 Å². The second-order valence-electron chi connectivity index (χ2n) is 6.35. The van der Waals surface area contributed by atoms with Gasteiger partial charge in [0.15, 0.2) is 5.11 Å². The molecule has 0 bridgehead atoms. The summed E-state index contributed by atoms with van der Waals surface area (Å²) in [6, 6.07) is 18.8. The van der Waals surface area contributed by atoms with Crippen molar-refractivity contribution in [2.75, 3.05) is 0 Å². The molecule has 0 unspecified atom stereocenters. The van der Waals surface area contributed by atoms with Crippen LogP contribution in [0.2, 0.25) is 0 Å². The Balaban J connectivity index is 1.72. The molecular formula is C20H20N4S. The Hall–Kier alpha value is -2.66. The fraction of sp³-hybridized carbons (Fsp3) is 0.200. The summed E-state index contributed by atoms with van der Waals surface area (Å²) in [5.74, 6) is 0. The van der Waals surface area contributed by atoms with Crippen LogP contribution in [0.4, 0.5) is 0 Å². The van der Waals surface area contributed by atoms with E-state index in [2.05, 4.69) is 68.6 Å². The third-order valence-electron chi connectivity index (χ3n) is 4.59. The van der Waals surface area contributed by atoms with Crippen LogP contribution in [0.25, 0.3) is 0 Å². The van der Waals surface area contributed by atoms with E-state index in [9.17, 15) is 0 Å². The molecule has 0 spiro atoms. The average Bonchev–Trinajstić information content (AvgIpc) is 3.20. The standard InChI is InChI=1S/C20H20N4S/c1-23-12-10-16(14-23)19-18(17-9-5-6-11-21-17)22-20(25)24(19)13-15-7-3-2-4-8-15/h2-12,14,18-19H,13H2,1H3,(H,22,25)/t18-,19+/m0/s1. The van der Waals surface area contributed by atoms with E-state index < -0.39 is 0 Å². The Morgan fingerprint density at radius 3 is 2.56 bits per heavy atom. The van der Waals surface area contributed by atoms with Crippen molar-refractivity contribution in [2.24, 2.45) is 7.05 Å². The van der Waals surface area contributed by atoms with Crippen molar-refractivity contribution in [3.05, 3.63) is 90.0 Å². The Kier molecular flexibility index (Phi) is 4.24. The zero-order chi connectivity index (χ0) is 17.2. The monoisotopic (exact) mass is 348 g/mol. The van der Waals surface area contributed by atoms with Crippen LogP contribution < -0.4 is 5.32 Å². The molecular weight excluding hydrogens is 328 g/mol. The van der Waals surface area contributed by atoms with Gasteiger partial charge < -0.3 is 14.8 Å². The number of benzene rings is 1. The maximum absolute atomic E-state index is 5.68. The molecule has 0 saturated carbocycles. The predicted octanol–water partition coefficient (Wildman–Crippen LogP) is 3.59. The first-order valence-electron chi connectivity index (χ1n) is 8.36. The summed E-state index contributed by atoms with van der Waals surface area (Å²) >= 11 is 5.68. The summed E-state index contributed by atoms with van der Waals surface area (Å²) < 4.78 is 2.08. The van der Waals surface area contributed by atoms with Crippen LogP contribution in [0.3, 0.4) is 0 Å². The number of pyridine rings is 1. The Morgan fingerprint density at radius 2 is 1.88 bits per heavy atom. The van der Waals surface area contributed by atoms with Crippen molar-refractivity contribution < 1.29 is 0 Å². The van der Waals surface area contributed by atoms with Crippen LogP contribution in [-0.4, -0.2) is 19.6 Å². The lowest BCUT2D eigenvalue weighted by atomic mass is 9.99. The lowest BCUT2D eigenvalue weighted by molar-refractivity contribution is 0.311. The largest absolute Gasteiger partial charge is 0.357 e. The van der Waals surface area contributed by atoms with Crippen molar-refractivity contribution in [3.63, 3.8) is 0 Å². The predicted molar refractivity (Wildman–Crippen MR) is 103 cm³/mol. The van der Waals surface area contributed by atoms with E-state index in [0.717, 1.165) is 17.4 Å². The van der Waals surface area contributed by atoms with Gasteiger partial charge in [-0.1, -0.05) is 36.4 Å². The molecule has 4 nitrogen and oxygen atoms in total. The minimum atomic E-state index is 0.0415.